The van der Waals surface area contributed by atoms with E-state index in [-0.39, 0.29) is 36.0 Å². The Morgan fingerprint density at radius 1 is 1.28 bits per heavy atom. The van der Waals surface area contributed by atoms with Gasteiger partial charge in [0.15, 0.2) is 11.7 Å². The second-order valence-electron chi connectivity index (χ2n) is 7.78. The van der Waals surface area contributed by atoms with Gasteiger partial charge in [-0.2, -0.15) is 0 Å². The van der Waals surface area contributed by atoms with Crippen LogP contribution in [-0.2, 0) is 17.7 Å². The second kappa shape index (κ2) is 12.2. The van der Waals surface area contributed by atoms with E-state index in [1.807, 2.05) is 4.90 Å². The van der Waals surface area contributed by atoms with Crippen LogP contribution < -0.4 is 5.32 Å². The van der Waals surface area contributed by atoms with Gasteiger partial charge in [-0.1, -0.05) is 6.92 Å². The number of nitrogens with zero attached hydrogens (tertiary/aromatic N) is 6. The maximum Gasteiger partial charge on any atom is 0.289 e. The van der Waals surface area contributed by atoms with Crippen LogP contribution in [-0.4, -0.2) is 88.4 Å². The highest BCUT2D eigenvalue weighted by Crippen LogP contribution is 2.13. The summed E-state index contributed by atoms with van der Waals surface area (Å²) in [6.45, 7) is 7.74. The third-order valence-electron chi connectivity index (χ3n) is 5.71. The van der Waals surface area contributed by atoms with E-state index in [4.69, 9.17) is 14.1 Å². The number of guanidine groups is 1. The number of carbonyl (C=O) groups excluding carboxylic acids is 1. The molecule has 2 aromatic rings. The lowest BCUT2D eigenvalue weighted by molar-refractivity contribution is 0.0657. The average molecular weight is 557 g/mol. The molecule has 1 N–H and O–H groups in total. The van der Waals surface area contributed by atoms with E-state index in [1.165, 1.54) is 6.26 Å². The predicted molar refractivity (Wildman–Crippen MR) is 130 cm³/mol. The molecule has 2 aromatic heterocycles. The number of hydrogen-bond donors (Lipinski definition) is 1. The summed E-state index contributed by atoms with van der Waals surface area (Å²) in [4.78, 5) is 21.4. The van der Waals surface area contributed by atoms with Gasteiger partial charge in [0.05, 0.1) is 18.9 Å². The molecule has 1 atom stereocenters. The molecule has 1 amide bonds. The van der Waals surface area contributed by atoms with Crippen molar-refractivity contribution >= 4 is 35.8 Å². The van der Waals surface area contributed by atoms with Gasteiger partial charge < -0.3 is 28.8 Å². The molecule has 2 aliphatic rings. The van der Waals surface area contributed by atoms with Crippen LogP contribution in [0.2, 0.25) is 0 Å². The molecular weight excluding hydrogens is 525 g/mol. The topological polar surface area (TPSA) is 101 Å². The number of furan rings is 1. The van der Waals surface area contributed by atoms with Crippen molar-refractivity contribution in [1.29, 1.82) is 0 Å². The lowest BCUT2D eigenvalue weighted by Gasteiger charge is -2.36. The van der Waals surface area contributed by atoms with E-state index in [9.17, 15) is 4.79 Å². The lowest BCUT2D eigenvalue weighted by Crippen LogP contribution is -2.54. The number of rotatable bonds is 7. The van der Waals surface area contributed by atoms with E-state index in [0.717, 1.165) is 63.8 Å². The first-order valence-corrected chi connectivity index (χ1v) is 11.1. The number of halogens is 1. The highest BCUT2D eigenvalue weighted by Gasteiger charge is 2.25. The Balaban J connectivity index is 0.00000289. The van der Waals surface area contributed by atoms with Crippen molar-refractivity contribution in [3.63, 3.8) is 0 Å². The molecule has 32 heavy (non-hydrogen) atoms. The smallest absolute Gasteiger partial charge is 0.289 e. The fraction of sp³-hybridized carbons (Fsp3) is 0.619. The van der Waals surface area contributed by atoms with Crippen LogP contribution in [0.15, 0.2) is 34.1 Å². The number of hydrogen-bond acceptors (Lipinski definition) is 6. The van der Waals surface area contributed by atoms with Crippen molar-refractivity contribution in [1.82, 2.24) is 29.9 Å². The lowest BCUT2D eigenvalue weighted by atomic mass is 10.2. The standard InChI is InChI=1S/C21H31N7O3.HI/c1-2-19-25-24-16-28(19)8-7-22-21(23-15-17-5-3-13-30-17)27-11-9-26(10-12-27)20(29)18-6-4-14-31-18;/h4,6,14,16-17H,2-3,5,7-13,15H2,1H3,(H,22,23);1H. The van der Waals surface area contributed by atoms with Crippen LogP contribution in [0.4, 0.5) is 0 Å². The molecule has 176 valence electrons. The van der Waals surface area contributed by atoms with Gasteiger partial charge in [-0.15, -0.1) is 34.2 Å². The Morgan fingerprint density at radius 3 is 2.78 bits per heavy atom. The Bertz CT molecular complexity index is 857. The first-order valence-electron chi connectivity index (χ1n) is 11.1. The minimum atomic E-state index is -0.0600. The largest absolute Gasteiger partial charge is 0.459 e. The summed E-state index contributed by atoms with van der Waals surface area (Å²) in [6, 6.07) is 3.45. The molecule has 4 heterocycles. The van der Waals surface area contributed by atoms with Gasteiger partial charge in [0.25, 0.3) is 5.91 Å². The van der Waals surface area contributed by atoms with Crippen LogP contribution >= 0.6 is 24.0 Å². The molecule has 10 nitrogen and oxygen atoms in total. The molecule has 0 aromatic carbocycles. The number of aliphatic imine (C=N–C) groups is 1. The van der Waals surface area contributed by atoms with Gasteiger partial charge in [-0.3, -0.25) is 9.79 Å². The van der Waals surface area contributed by atoms with E-state index in [0.29, 0.717) is 25.4 Å². The Kier molecular flexibility index (Phi) is 9.33. The van der Waals surface area contributed by atoms with E-state index in [2.05, 4.69) is 31.9 Å². The summed E-state index contributed by atoms with van der Waals surface area (Å²) in [7, 11) is 0. The molecule has 0 aliphatic carbocycles. The number of carbonyl (C=O) groups is 1. The van der Waals surface area contributed by atoms with Gasteiger partial charge in [0.1, 0.15) is 12.2 Å². The normalized spacial score (nSPS) is 19.2. The molecule has 0 saturated carbocycles. The number of ether oxygens (including phenoxy) is 1. The van der Waals surface area contributed by atoms with Crippen LogP contribution in [0.1, 0.15) is 36.1 Å². The van der Waals surface area contributed by atoms with E-state index in [1.54, 1.807) is 18.5 Å². The molecule has 1 unspecified atom stereocenters. The van der Waals surface area contributed by atoms with Crippen LogP contribution in [0.25, 0.3) is 0 Å². The van der Waals surface area contributed by atoms with Gasteiger partial charge in [0.2, 0.25) is 0 Å². The maximum absolute atomic E-state index is 12.5. The average Bonchev–Trinajstić information content (AvgIpc) is 3.58. The Labute approximate surface area is 205 Å². The predicted octanol–water partition coefficient (Wildman–Crippen LogP) is 1.63. The number of nitrogens with one attached hydrogen (secondary N) is 1. The van der Waals surface area contributed by atoms with Crippen molar-refractivity contribution in [3.8, 4) is 0 Å². The van der Waals surface area contributed by atoms with Crippen molar-refractivity contribution in [2.45, 2.75) is 38.8 Å². The maximum atomic E-state index is 12.5. The highest BCUT2D eigenvalue weighted by atomic mass is 127. The second-order valence-corrected chi connectivity index (χ2v) is 7.78. The van der Waals surface area contributed by atoms with Crippen molar-refractivity contribution in [2.24, 2.45) is 4.99 Å². The van der Waals surface area contributed by atoms with Crippen molar-refractivity contribution < 1.29 is 13.9 Å². The molecule has 11 heteroatoms. The summed E-state index contributed by atoms with van der Waals surface area (Å²) in [6.07, 6.45) is 6.51. The molecule has 2 saturated heterocycles. The first kappa shape index (κ1) is 24.5. The number of amides is 1. The third kappa shape index (κ3) is 6.21. The fourth-order valence-corrected chi connectivity index (χ4v) is 3.95. The fourth-order valence-electron chi connectivity index (χ4n) is 3.95. The minimum Gasteiger partial charge on any atom is -0.459 e. The summed E-state index contributed by atoms with van der Waals surface area (Å²) < 4.78 is 13.1. The molecule has 0 bridgehead atoms. The van der Waals surface area contributed by atoms with Gasteiger partial charge >= 0.3 is 0 Å². The quantitative estimate of drug-likeness (QED) is 0.314. The van der Waals surface area contributed by atoms with Gasteiger partial charge in [-0.25, -0.2) is 0 Å². The van der Waals surface area contributed by atoms with Crippen molar-refractivity contribution in [3.05, 3.63) is 36.3 Å². The Hall–Kier alpha value is -2.15. The van der Waals surface area contributed by atoms with E-state index >= 15 is 0 Å². The number of piperazine rings is 1. The van der Waals surface area contributed by atoms with E-state index < -0.39 is 0 Å². The SMILES string of the molecule is CCc1nncn1CCNC(=NCC1CCCO1)N1CCN(C(=O)c2ccco2)CC1.I. The zero-order valence-electron chi connectivity index (χ0n) is 18.5. The summed E-state index contributed by atoms with van der Waals surface area (Å²) in [5.41, 5.74) is 0. The molecule has 0 spiro atoms. The third-order valence-corrected chi connectivity index (χ3v) is 5.71. The van der Waals surface area contributed by atoms with Gasteiger partial charge in [-0.05, 0) is 25.0 Å². The van der Waals surface area contributed by atoms with Crippen LogP contribution in [0.3, 0.4) is 0 Å². The zero-order valence-corrected chi connectivity index (χ0v) is 20.8. The van der Waals surface area contributed by atoms with Crippen LogP contribution in [0.5, 0.6) is 0 Å². The summed E-state index contributed by atoms with van der Waals surface area (Å²) in [5.74, 6) is 2.17. The first-order chi connectivity index (χ1) is 15.2. The molecule has 2 aliphatic heterocycles. The molecule has 2 fully saturated rings. The molecule has 4 rings (SSSR count). The Morgan fingerprint density at radius 2 is 2.09 bits per heavy atom. The summed E-state index contributed by atoms with van der Waals surface area (Å²) >= 11 is 0. The van der Waals surface area contributed by atoms with Crippen LogP contribution in [0, 0.1) is 0 Å². The molecule has 0 radical (unpaired) electrons. The number of aromatic nitrogens is 3. The minimum absolute atomic E-state index is 0. The molecular formula is C21H32IN7O3. The van der Waals surface area contributed by atoms with Gasteiger partial charge in [0, 0.05) is 52.3 Å². The monoisotopic (exact) mass is 557 g/mol. The summed E-state index contributed by atoms with van der Waals surface area (Å²) in [5, 5.41) is 11.6. The zero-order chi connectivity index (χ0) is 21.5. The number of aryl methyl sites for hydroxylation is 1. The highest BCUT2D eigenvalue weighted by molar-refractivity contribution is 14.0. The van der Waals surface area contributed by atoms with Crippen molar-refractivity contribution in [2.75, 3.05) is 45.9 Å².